The molecule has 220 valence electrons. The lowest BCUT2D eigenvalue weighted by atomic mass is 9.97. The molecule has 0 aliphatic rings. The number of nitrogens with zero attached hydrogens (tertiary/aromatic N) is 1. The Labute approximate surface area is 230 Å². The summed E-state index contributed by atoms with van der Waals surface area (Å²) in [6.07, 6.45) is 12.8. The van der Waals surface area contributed by atoms with Gasteiger partial charge in [-0.1, -0.05) is 50.2 Å². The van der Waals surface area contributed by atoms with Crippen LogP contribution in [0.2, 0.25) is 0 Å². The number of aliphatic hydroxyl groups excluding tert-OH is 1. The molecule has 2 N–H and O–H groups in total. The number of rotatable bonds is 22. The van der Waals surface area contributed by atoms with Crippen molar-refractivity contribution in [2.75, 3.05) is 54.6 Å². The lowest BCUT2D eigenvalue weighted by Crippen LogP contribution is -2.37. The highest BCUT2D eigenvalue weighted by molar-refractivity contribution is 7.47. The second-order valence-corrected chi connectivity index (χ2v) is 11.9. The minimum Gasteiger partial charge on any atom is -0.461 e. The number of aliphatic hydroxyl groups is 1. The lowest BCUT2D eigenvalue weighted by Gasteiger charge is -2.24. The molecule has 10 heteroatoms. The number of esters is 1. The van der Waals surface area contributed by atoms with E-state index in [0.717, 1.165) is 25.2 Å². The Kier molecular flexibility index (Phi) is 20.5. The number of methoxy groups -OCH3 is 1. The van der Waals surface area contributed by atoms with Gasteiger partial charge in [-0.3, -0.25) is 9.05 Å². The fourth-order valence-corrected chi connectivity index (χ4v) is 4.03. The van der Waals surface area contributed by atoms with Gasteiger partial charge in [0.1, 0.15) is 25.9 Å². The van der Waals surface area contributed by atoms with Gasteiger partial charge < -0.3 is 24.0 Å². The predicted molar refractivity (Wildman–Crippen MR) is 150 cm³/mol. The van der Waals surface area contributed by atoms with Gasteiger partial charge in [0.2, 0.25) is 0 Å². The van der Waals surface area contributed by atoms with Crippen LogP contribution in [0.4, 0.5) is 0 Å². The average molecular weight is 561 g/mol. The first-order valence-corrected chi connectivity index (χ1v) is 14.9. The number of carbonyl (C=O) groups is 1. The highest BCUT2D eigenvalue weighted by Crippen LogP contribution is 2.43. The number of likely N-dealkylation sites (N-methyl/N-ethyl adjacent to an activating group) is 1. The number of carbonyl (C=O) groups excluding carboxylic acids is 1. The van der Waals surface area contributed by atoms with Crippen LogP contribution in [0, 0.1) is 17.8 Å². The highest BCUT2D eigenvalue weighted by atomic mass is 31.2. The summed E-state index contributed by atoms with van der Waals surface area (Å²) in [5.41, 5.74) is 0. The molecule has 1 unspecified atom stereocenters. The number of phosphoric ester groups is 1. The number of unbranched alkanes of at least 4 members (excludes halogenated alkanes) is 3. The molecule has 9 nitrogen and oxygen atoms in total. The van der Waals surface area contributed by atoms with Gasteiger partial charge in [-0.05, 0) is 44.1 Å². The van der Waals surface area contributed by atoms with E-state index in [0.29, 0.717) is 23.9 Å². The van der Waals surface area contributed by atoms with Crippen molar-refractivity contribution >= 4 is 13.8 Å². The number of hydrogen-bond donors (Lipinski definition) is 2. The molecule has 0 aromatic rings. The number of ether oxygens (including phenoxy) is 2. The van der Waals surface area contributed by atoms with E-state index in [1.165, 1.54) is 32.8 Å². The molecular formula is C28H51NO8P+. The summed E-state index contributed by atoms with van der Waals surface area (Å²) in [4.78, 5) is 21.9. The molecule has 0 aliphatic carbocycles. The second-order valence-electron chi connectivity index (χ2n) is 10.5. The molecular weight excluding hydrogens is 509 g/mol. The highest BCUT2D eigenvalue weighted by Gasteiger charge is 2.25. The molecule has 0 aromatic heterocycles. The summed E-state index contributed by atoms with van der Waals surface area (Å²) in [6.45, 7) is 5.66. The van der Waals surface area contributed by atoms with Crippen LogP contribution in [-0.4, -0.2) is 87.3 Å². The number of hydrogen-bond acceptors (Lipinski definition) is 7. The van der Waals surface area contributed by atoms with Gasteiger partial charge in [0.25, 0.3) is 0 Å². The Hall–Kier alpha value is -1.50. The van der Waals surface area contributed by atoms with Crippen molar-refractivity contribution in [3.05, 3.63) is 24.8 Å². The molecule has 0 spiro atoms. The van der Waals surface area contributed by atoms with Crippen LogP contribution in [-0.2, 0) is 27.9 Å². The van der Waals surface area contributed by atoms with Crippen LogP contribution in [0.25, 0.3) is 0 Å². The minimum atomic E-state index is -4.31. The Morgan fingerprint density at radius 1 is 1.08 bits per heavy atom. The van der Waals surface area contributed by atoms with Crippen LogP contribution < -0.4 is 0 Å². The molecule has 0 aliphatic heterocycles. The van der Waals surface area contributed by atoms with Gasteiger partial charge in [0.05, 0.1) is 27.7 Å². The summed E-state index contributed by atoms with van der Waals surface area (Å²) in [6, 6.07) is 0. The van der Waals surface area contributed by atoms with E-state index >= 15 is 0 Å². The number of quaternary nitrogens is 1. The van der Waals surface area contributed by atoms with Crippen molar-refractivity contribution in [2.24, 2.45) is 5.92 Å². The van der Waals surface area contributed by atoms with Gasteiger partial charge in [0, 0.05) is 13.5 Å². The zero-order chi connectivity index (χ0) is 28.9. The van der Waals surface area contributed by atoms with Crippen molar-refractivity contribution in [1.29, 1.82) is 0 Å². The maximum atomic E-state index is 12.2. The first-order valence-electron chi connectivity index (χ1n) is 13.4. The van der Waals surface area contributed by atoms with Gasteiger partial charge in [-0.15, -0.1) is 6.58 Å². The smallest absolute Gasteiger partial charge is 0.461 e. The number of phosphoric acid groups is 1. The normalized spacial score (nSPS) is 15.8. The van der Waals surface area contributed by atoms with Crippen molar-refractivity contribution in [3.63, 3.8) is 0 Å². The van der Waals surface area contributed by atoms with E-state index in [4.69, 9.17) is 18.5 Å². The third-order valence-electron chi connectivity index (χ3n) is 5.67. The zero-order valence-electron chi connectivity index (χ0n) is 24.1. The Bertz CT molecular complexity index is 784. The molecule has 38 heavy (non-hydrogen) atoms. The van der Waals surface area contributed by atoms with E-state index in [-0.39, 0.29) is 6.61 Å². The molecule has 0 amide bonds. The molecule has 0 heterocycles. The topological polar surface area (TPSA) is 112 Å². The second kappa shape index (κ2) is 21.3. The van der Waals surface area contributed by atoms with Gasteiger partial charge >= 0.3 is 13.8 Å². The van der Waals surface area contributed by atoms with E-state index < -0.39 is 39.2 Å². The molecule has 0 radical (unpaired) electrons. The molecule has 0 bridgehead atoms. The van der Waals surface area contributed by atoms with Crippen LogP contribution in [0.5, 0.6) is 0 Å². The van der Waals surface area contributed by atoms with Crippen molar-refractivity contribution < 1.29 is 42.4 Å². The van der Waals surface area contributed by atoms with Crippen molar-refractivity contribution in [3.8, 4) is 11.8 Å². The maximum absolute atomic E-state index is 12.2. The fraction of sp³-hybridized carbons (Fsp3) is 0.750. The third kappa shape index (κ3) is 22.5. The third-order valence-corrected chi connectivity index (χ3v) is 6.65. The Morgan fingerprint density at radius 2 is 1.79 bits per heavy atom. The summed E-state index contributed by atoms with van der Waals surface area (Å²) >= 11 is 0. The van der Waals surface area contributed by atoms with Crippen LogP contribution >= 0.6 is 7.82 Å². The summed E-state index contributed by atoms with van der Waals surface area (Å²) < 4.78 is 32.3. The molecule has 0 fully saturated rings. The lowest BCUT2D eigenvalue weighted by molar-refractivity contribution is -0.870. The molecule has 0 rings (SSSR count). The largest absolute Gasteiger partial charge is 0.472 e. The first kappa shape index (κ1) is 36.5. The minimum absolute atomic E-state index is 0.0206. The Balaban J connectivity index is 4.11. The van der Waals surface area contributed by atoms with E-state index in [1.807, 2.05) is 33.3 Å². The van der Waals surface area contributed by atoms with Crippen LogP contribution in [0.3, 0.4) is 0 Å². The van der Waals surface area contributed by atoms with Crippen molar-refractivity contribution in [1.82, 2.24) is 0 Å². The first-order chi connectivity index (χ1) is 17.9. The standard InChI is InChI=1S/C28H50NO8P/c1-7-8-9-15-18-25(2)19-16-13-11-10-12-14-17-20-27(34-6)28(31)35-23-26(30)24-37-38(32,33)36-22-21-29(3,4)5/h7,10-11,25-27,30H,1,8-9,13,15-24H2,2-6H3/p+1/b11-10-/t25-,26+,27-/m0/s1. The summed E-state index contributed by atoms with van der Waals surface area (Å²) in [5.74, 6) is 6.07. The molecule has 4 atom stereocenters. The SMILES string of the molecule is C=CCCCC[C@H](C)CCC/C=C\C#CCC[C@H](OC)C(=O)OC[C@@H](O)COP(=O)(O)OCC[N+](C)(C)C. The van der Waals surface area contributed by atoms with Crippen molar-refractivity contribution in [2.45, 2.75) is 76.9 Å². The van der Waals surface area contributed by atoms with Gasteiger partial charge in [0.15, 0.2) is 6.10 Å². The molecule has 0 aromatic carbocycles. The fourth-order valence-electron chi connectivity index (χ4n) is 3.29. The molecule has 0 saturated carbocycles. The number of allylic oxidation sites excluding steroid dienone is 3. The predicted octanol–water partition coefficient (Wildman–Crippen LogP) is 4.64. The summed E-state index contributed by atoms with van der Waals surface area (Å²) in [7, 11) is 2.84. The zero-order valence-corrected chi connectivity index (χ0v) is 25.0. The monoisotopic (exact) mass is 560 g/mol. The van der Waals surface area contributed by atoms with E-state index in [2.05, 4.69) is 31.4 Å². The van der Waals surface area contributed by atoms with Gasteiger partial charge in [-0.2, -0.15) is 0 Å². The maximum Gasteiger partial charge on any atom is 0.472 e. The van der Waals surface area contributed by atoms with Crippen LogP contribution in [0.1, 0.15) is 64.7 Å². The van der Waals surface area contributed by atoms with E-state index in [1.54, 1.807) is 0 Å². The Morgan fingerprint density at radius 3 is 2.45 bits per heavy atom. The molecule has 0 saturated heterocycles. The van der Waals surface area contributed by atoms with E-state index in [9.17, 15) is 19.4 Å². The summed E-state index contributed by atoms with van der Waals surface area (Å²) in [5, 5.41) is 9.93. The quantitative estimate of drug-likeness (QED) is 0.0492. The van der Waals surface area contributed by atoms with Crippen LogP contribution in [0.15, 0.2) is 24.8 Å². The van der Waals surface area contributed by atoms with Gasteiger partial charge in [-0.25, -0.2) is 9.36 Å². The average Bonchev–Trinajstić information content (AvgIpc) is 2.84.